The summed E-state index contributed by atoms with van der Waals surface area (Å²) < 4.78 is 0. The molecule has 1 aliphatic rings. The van der Waals surface area contributed by atoms with Crippen LogP contribution in [0.25, 0.3) is 0 Å². The van der Waals surface area contributed by atoms with Gasteiger partial charge in [0, 0.05) is 6.54 Å². The molecular formula is C11H13NO2. The van der Waals surface area contributed by atoms with Crippen molar-refractivity contribution >= 4 is 5.97 Å². The van der Waals surface area contributed by atoms with E-state index in [9.17, 15) is 4.79 Å². The first-order valence-electron chi connectivity index (χ1n) is 4.71. The van der Waals surface area contributed by atoms with Crippen molar-refractivity contribution in [3.05, 3.63) is 35.4 Å². The van der Waals surface area contributed by atoms with Gasteiger partial charge in [-0.25, -0.2) is 0 Å². The summed E-state index contributed by atoms with van der Waals surface area (Å²) >= 11 is 0. The molecule has 0 aliphatic carbocycles. The number of rotatable bonds is 1. The summed E-state index contributed by atoms with van der Waals surface area (Å²) in [6.45, 7) is 0.813. The Labute approximate surface area is 83.0 Å². The second kappa shape index (κ2) is 3.42. The first kappa shape index (κ1) is 9.21. The number of fused-ring (bicyclic) bond motifs is 1. The lowest BCUT2D eigenvalue weighted by Gasteiger charge is -2.31. The Bertz CT molecular complexity index is 362. The van der Waals surface area contributed by atoms with Crippen LogP contribution in [0.2, 0.25) is 0 Å². The summed E-state index contributed by atoms with van der Waals surface area (Å²) in [5.74, 6) is -0.764. The highest BCUT2D eigenvalue weighted by molar-refractivity contribution is 5.76. The Hall–Kier alpha value is -1.35. The SMILES string of the molecule is CN1CCc2ccccc2C1C(=O)O. The van der Waals surface area contributed by atoms with E-state index in [1.54, 1.807) is 0 Å². The quantitative estimate of drug-likeness (QED) is 0.727. The minimum absolute atomic E-state index is 0.472. The molecule has 1 aromatic rings. The number of benzene rings is 1. The third-order valence-electron chi connectivity index (χ3n) is 2.76. The summed E-state index contributed by atoms with van der Waals surface area (Å²) in [5.41, 5.74) is 2.10. The lowest BCUT2D eigenvalue weighted by Crippen LogP contribution is -2.36. The van der Waals surface area contributed by atoms with Crippen molar-refractivity contribution in [3.8, 4) is 0 Å². The summed E-state index contributed by atoms with van der Waals surface area (Å²) in [5, 5.41) is 9.11. The number of likely N-dealkylation sites (N-methyl/N-ethyl adjacent to an activating group) is 1. The molecule has 2 rings (SSSR count). The zero-order chi connectivity index (χ0) is 10.1. The highest BCUT2D eigenvalue weighted by Gasteiger charge is 2.29. The fourth-order valence-corrected chi connectivity index (χ4v) is 2.01. The van der Waals surface area contributed by atoms with Crippen LogP contribution in [0, 0.1) is 0 Å². The van der Waals surface area contributed by atoms with E-state index < -0.39 is 12.0 Å². The Morgan fingerprint density at radius 2 is 2.21 bits per heavy atom. The molecule has 0 spiro atoms. The maximum atomic E-state index is 11.1. The van der Waals surface area contributed by atoms with Gasteiger partial charge in [0.05, 0.1) is 0 Å². The highest BCUT2D eigenvalue weighted by atomic mass is 16.4. The van der Waals surface area contributed by atoms with Gasteiger partial charge in [-0.2, -0.15) is 0 Å². The zero-order valence-corrected chi connectivity index (χ0v) is 8.10. The lowest BCUT2D eigenvalue weighted by atomic mass is 9.93. The molecule has 0 saturated carbocycles. The monoisotopic (exact) mass is 191 g/mol. The summed E-state index contributed by atoms with van der Waals surface area (Å²) in [7, 11) is 1.86. The largest absolute Gasteiger partial charge is 0.480 e. The predicted molar refractivity (Wildman–Crippen MR) is 53.2 cm³/mol. The molecule has 14 heavy (non-hydrogen) atoms. The van der Waals surface area contributed by atoms with Crippen LogP contribution in [0.3, 0.4) is 0 Å². The number of nitrogens with zero attached hydrogens (tertiary/aromatic N) is 1. The molecule has 0 fully saturated rings. The van der Waals surface area contributed by atoms with E-state index in [-0.39, 0.29) is 0 Å². The third kappa shape index (κ3) is 1.40. The molecule has 0 bridgehead atoms. The van der Waals surface area contributed by atoms with E-state index in [1.807, 2.05) is 36.2 Å². The molecule has 1 aromatic carbocycles. The number of carboxylic acids is 1. The summed E-state index contributed by atoms with van der Waals surface area (Å²) in [4.78, 5) is 13.0. The van der Waals surface area contributed by atoms with Crippen molar-refractivity contribution in [2.75, 3.05) is 13.6 Å². The van der Waals surface area contributed by atoms with Gasteiger partial charge in [0.25, 0.3) is 0 Å². The smallest absolute Gasteiger partial charge is 0.325 e. The number of carboxylic acid groups (broad SMARTS) is 1. The van der Waals surface area contributed by atoms with Crippen LogP contribution in [0.1, 0.15) is 17.2 Å². The minimum atomic E-state index is -0.764. The first-order chi connectivity index (χ1) is 6.70. The molecule has 0 amide bonds. The van der Waals surface area contributed by atoms with E-state index in [0.717, 1.165) is 24.1 Å². The number of hydrogen-bond donors (Lipinski definition) is 1. The van der Waals surface area contributed by atoms with E-state index in [2.05, 4.69) is 0 Å². The van der Waals surface area contributed by atoms with Crippen molar-refractivity contribution < 1.29 is 9.90 Å². The van der Waals surface area contributed by atoms with E-state index in [1.165, 1.54) is 0 Å². The standard InChI is InChI=1S/C11H13NO2/c1-12-7-6-8-4-2-3-5-9(8)10(12)11(13)14/h2-5,10H,6-7H2,1H3,(H,13,14). The maximum Gasteiger partial charge on any atom is 0.325 e. The van der Waals surface area contributed by atoms with Gasteiger partial charge in [0.2, 0.25) is 0 Å². The van der Waals surface area contributed by atoms with Crippen LogP contribution in [0.5, 0.6) is 0 Å². The first-order valence-corrected chi connectivity index (χ1v) is 4.71. The normalized spacial score (nSPS) is 21.6. The molecule has 3 nitrogen and oxygen atoms in total. The molecule has 1 atom stereocenters. The van der Waals surface area contributed by atoms with Crippen LogP contribution in [0.4, 0.5) is 0 Å². The van der Waals surface area contributed by atoms with Gasteiger partial charge >= 0.3 is 5.97 Å². The molecule has 3 heteroatoms. The molecule has 1 unspecified atom stereocenters. The van der Waals surface area contributed by atoms with Crippen molar-refractivity contribution in [1.29, 1.82) is 0 Å². The van der Waals surface area contributed by atoms with Crippen LogP contribution < -0.4 is 0 Å². The second-order valence-corrected chi connectivity index (χ2v) is 3.67. The Kier molecular flexibility index (Phi) is 2.25. The Balaban J connectivity index is 2.46. The van der Waals surface area contributed by atoms with Gasteiger partial charge in [-0.1, -0.05) is 24.3 Å². The Morgan fingerprint density at radius 3 is 2.93 bits per heavy atom. The molecular weight excluding hydrogens is 178 g/mol. The molecule has 0 radical (unpaired) electrons. The lowest BCUT2D eigenvalue weighted by molar-refractivity contribution is -0.143. The van der Waals surface area contributed by atoms with Gasteiger partial charge in [-0.3, -0.25) is 9.69 Å². The molecule has 1 N–H and O–H groups in total. The van der Waals surface area contributed by atoms with Gasteiger partial charge in [-0.05, 0) is 24.6 Å². The Morgan fingerprint density at radius 1 is 1.50 bits per heavy atom. The van der Waals surface area contributed by atoms with Crippen LogP contribution in [-0.2, 0) is 11.2 Å². The van der Waals surface area contributed by atoms with Gasteiger partial charge in [0.1, 0.15) is 6.04 Å². The average Bonchev–Trinajstić information content (AvgIpc) is 2.17. The number of carbonyl (C=O) groups is 1. The fourth-order valence-electron chi connectivity index (χ4n) is 2.01. The van der Waals surface area contributed by atoms with Crippen LogP contribution >= 0.6 is 0 Å². The highest BCUT2D eigenvalue weighted by Crippen LogP contribution is 2.28. The second-order valence-electron chi connectivity index (χ2n) is 3.67. The van der Waals surface area contributed by atoms with Crippen molar-refractivity contribution in [3.63, 3.8) is 0 Å². The van der Waals surface area contributed by atoms with Gasteiger partial charge < -0.3 is 5.11 Å². The number of aliphatic carboxylic acids is 1. The van der Waals surface area contributed by atoms with Crippen molar-refractivity contribution in [1.82, 2.24) is 4.90 Å². The summed E-state index contributed by atoms with van der Waals surface area (Å²) in [6.07, 6.45) is 0.941. The summed E-state index contributed by atoms with van der Waals surface area (Å²) in [6, 6.07) is 7.30. The van der Waals surface area contributed by atoms with Gasteiger partial charge in [-0.15, -0.1) is 0 Å². The molecule has 1 heterocycles. The topological polar surface area (TPSA) is 40.5 Å². The van der Waals surface area contributed by atoms with Gasteiger partial charge in [0.15, 0.2) is 0 Å². The van der Waals surface area contributed by atoms with Crippen molar-refractivity contribution in [2.45, 2.75) is 12.5 Å². The molecule has 0 saturated heterocycles. The van der Waals surface area contributed by atoms with Crippen molar-refractivity contribution in [2.24, 2.45) is 0 Å². The predicted octanol–water partition coefficient (Wildman–Crippen LogP) is 1.30. The zero-order valence-electron chi connectivity index (χ0n) is 8.10. The third-order valence-corrected chi connectivity index (χ3v) is 2.76. The average molecular weight is 191 g/mol. The van der Waals surface area contributed by atoms with Crippen LogP contribution in [0.15, 0.2) is 24.3 Å². The minimum Gasteiger partial charge on any atom is -0.480 e. The van der Waals surface area contributed by atoms with Crippen LogP contribution in [-0.4, -0.2) is 29.6 Å². The molecule has 1 aliphatic heterocycles. The van der Waals surface area contributed by atoms with E-state index in [4.69, 9.17) is 5.11 Å². The number of hydrogen-bond acceptors (Lipinski definition) is 2. The molecule has 74 valence electrons. The molecule has 0 aromatic heterocycles. The maximum absolute atomic E-state index is 11.1. The van der Waals surface area contributed by atoms with E-state index >= 15 is 0 Å². The fraction of sp³-hybridized carbons (Fsp3) is 0.364. The van der Waals surface area contributed by atoms with E-state index in [0.29, 0.717) is 0 Å².